The molecule has 1 fully saturated rings. The Kier molecular flexibility index (Phi) is 3.10. The van der Waals surface area contributed by atoms with Gasteiger partial charge in [0.2, 0.25) is 5.91 Å². The molecule has 0 saturated heterocycles. The Balaban J connectivity index is 1.67. The Morgan fingerprint density at radius 1 is 1.40 bits per heavy atom. The predicted octanol–water partition coefficient (Wildman–Crippen LogP) is 0.876. The number of amides is 1. The summed E-state index contributed by atoms with van der Waals surface area (Å²) in [5.74, 6) is 2.52. The lowest BCUT2D eigenvalue weighted by atomic mass is 9.94. The fourth-order valence-electron chi connectivity index (χ4n) is 2.65. The molecular formula is C12H20N2O. The Morgan fingerprint density at radius 2 is 2.20 bits per heavy atom. The molecule has 3 atom stereocenters. The first-order valence-electron chi connectivity index (χ1n) is 5.76. The second-order valence-electron chi connectivity index (χ2n) is 4.96. The number of hydrogen-bond donors (Lipinski definition) is 1. The van der Waals surface area contributed by atoms with Crippen LogP contribution in [0.15, 0.2) is 12.2 Å². The van der Waals surface area contributed by atoms with Crippen LogP contribution in [0.5, 0.6) is 0 Å². The first kappa shape index (κ1) is 10.7. The average molecular weight is 208 g/mol. The van der Waals surface area contributed by atoms with Gasteiger partial charge in [-0.2, -0.15) is 0 Å². The van der Waals surface area contributed by atoms with E-state index in [1.54, 1.807) is 19.0 Å². The van der Waals surface area contributed by atoms with Crippen LogP contribution < -0.4 is 5.32 Å². The second kappa shape index (κ2) is 4.35. The molecule has 1 amide bonds. The van der Waals surface area contributed by atoms with Crippen LogP contribution in [0.1, 0.15) is 12.8 Å². The summed E-state index contributed by atoms with van der Waals surface area (Å²) in [6, 6.07) is 0. The molecule has 0 aromatic carbocycles. The minimum absolute atomic E-state index is 0.161. The summed E-state index contributed by atoms with van der Waals surface area (Å²) in [5.41, 5.74) is 0. The number of rotatable bonds is 4. The molecule has 3 nitrogen and oxygen atoms in total. The molecule has 0 heterocycles. The topological polar surface area (TPSA) is 32.3 Å². The SMILES string of the molecule is CN(C)C(=O)CNC[C@@H]1C[C@H]2C=C[C@H]1C2. The first-order chi connectivity index (χ1) is 7.16. The van der Waals surface area contributed by atoms with E-state index in [4.69, 9.17) is 0 Å². The highest BCUT2D eigenvalue weighted by Crippen LogP contribution is 2.42. The summed E-state index contributed by atoms with van der Waals surface area (Å²) in [7, 11) is 3.59. The highest BCUT2D eigenvalue weighted by molar-refractivity contribution is 5.77. The summed E-state index contributed by atoms with van der Waals surface area (Å²) in [6.07, 6.45) is 7.36. The Hall–Kier alpha value is -0.830. The smallest absolute Gasteiger partial charge is 0.236 e. The van der Waals surface area contributed by atoms with Gasteiger partial charge >= 0.3 is 0 Å². The largest absolute Gasteiger partial charge is 0.348 e. The third kappa shape index (κ3) is 2.40. The molecule has 0 aromatic heterocycles. The van der Waals surface area contributed by atoms with Gasteiger partial charge in [-0.25, -0.2) is 0 Å². The fourth-order valence-corrected chi connectivity index (χ4v) is 2.65. The van der Waals surface area contributed by atoms with Gasteiger partial charge < -0.3 is 10.2 Å². The van der Waals surface area contributed by atoms with Gasteiger partial charge in [0.25, 0.3) is 0 Å². The maximum atomic E-state index is 11.3. The van der Waals surface area contributed by atoms with Crippen LogP contribution in [-0.2, 0) is 4.79 Å². The van der Waals surface area contributed by atoms with Crippen LogP contribution in [0.3, 0.4) is 0 Å². The highest BCUT2D eigenvalue weighted by atomic mass is 16.2. The highest BCUT2D eigenvalue weighted by Gasteiger charge is 2.34. The molecule has 0 aromatic rings. The summed E-state index contributed by atoms with van der Waals surface area (Å²) >= 11 is 0. The molecule has 15 heavy (non-hydrogen) atoms. The number of fused-ring (bicyclic) bond motifs is 2. The van der Waals surface area contributed by atoms with Gasteiger partial charge in [-0.05, 0) is 37.1 Å². The van der Waals surface area contributed by atoms with E-state index in [9.17, 15) is 4.79 Å². The average Bonchev–Trinajstić information content (AvgIpc) is 2.78. The van der Waals surface area contributed by atoms with Crippen molar-refractivity contribution in [3.8, 4) is 0 Å². The second-order valence-corrected chi connectivity index (χ2v) is 4.96. The maximum Gasteiger partial charge on any atom is 0.236 e. The number of carbonyl (C=O) groups is 1. The van der Waals surface area contributed by atoms with Gasteiger partial charge in [0.05, 0.1) is 6.54 Å². The summed E-state index contributed by atoms with van der Waals surface area (Å²) in [5, 5.41) is 3.27. The van der Waals surface area contributed by atoms with Crippen LogP contribution in [-0.4, -0.2) is 38.0 Å². The number of nitrogens with zero attached hydrogens (tertiary/aromatic N) is 1. The summed E-state index contributed by atoms with van der Waals surface area (Å²) < 4.78 is 0. The van der Waals surface area contributed by atoms with E-state index < -0.39 is 0 Å². The zero-order chi connectivity index (χ0) is 10.8. The Labute approximate surface area is 91.5 Å². The lowest BCUT2D eigenvalue weighted by Crippen LogP contribution is -2.36. The van der Waals surface area contributed by atoms with E-state index in [1.807, 2.05) is 0 Å². The van der Waals surface area contributed by atoms with Crippen molar-refractivity contribution in [1.29, 1.82) is 0 Å². The van der Waals surface area contributed by atoms with Crippen molar-refractivity contribution in [2.75, 3.05) is 27.2 Å². The number of nitrogens with one attached hydrogen (secondary N) is 1. The summed E-state index contributed by atoms with van der Waals surface area (Å²) in [4.78, 5) is 13.0. The molecule has 2 aliphatic rings. The van der Waals surface area contributed by atoms with E-state index in [0.29, 0.717) is 6.54 Å². The van der Waals surface area contributed by atoms with Gasteiger partial charge in [-0.3, -0.25) is 4.79 Å². The Bertz CT molecular complexity index is 273. The van der Waals surface area contributed by atoms with Crippen LogP contribution >= 0.6 is 0 Å². The Morgan fingerprint density at radius 3 is 2.73 bits per heavy atom. The van der Waals surface area contributed by atoms with E-state index in [2.05, 4.69) is 17.5 Å². The molecule has 0 radical (unpaired) electrons. The molecule has 0 aliphatic heterocycles. The quantitative estimate of drug-likeness (QED) is 0.695. The van der Waals surface area contributed by atoms with E-state index in [1.165, 1.54) is 12.8 Å². The van der Waals surface area contributed by atoms with Crippen molar-refractivity contribution < 1.29 is 4.79 Å². The third-order valence-corrected chi connectivity index (χ3v) is 3.60. The van der Waals surface area contributed by atoms with E-state index in [-0.39, 0.29) is 5.91 Å². The monoisotopic (exact) mass is 208 g/mol. The van der Waals surface area contributed by atoms with Crippen molar-refractivity contribution in [2.24, 2.45) is 17.8 Å². The predicted molar refractivity (Wildman–Crippen MR) is 60.4 cm³/mol. The minimum atomic E-state index is 0.161. The van der Waals surface area contributed by atoms with Crippen molar-refractivity contribution in [3.05, 3.63) is 12.2 Å². The zero-order valence-electron chi connectivity index (χ0n) is 9.57. The van der Waals surface area contributed by atoms with Crippen molar-refractivity contribution >= 4 is 5.91 Å². The van der Waals surface area contributed by atoms with Crippen molar-refractivity contribution in [1.82, 2.24) is 10.2 Å². The van der Waals surface area contributed by atoms with Gasteiger partial charge in [0.1, 0.15) is 0 Å². The van der Waals surface area contributed by atoms with Gasteiger partial charge in [-0.15, -0.1) is 0 Å². The molecule has 2 bridgehead atoms. The zero-order valence-corrected chi connectivity index (χ0v) is 9.57. The van der Waals surface area contributed by atoms with E-state index >= 15 is 0 Å². The number of allylic oxidation sites excluding steroid dienone is 2. The van der Waals surface area contributed by atoms with Crippen LogP contribution in [0.25, 0.3) is 0 Å². The number of likely N-dealkylation sites (N-methyl/N-ethyl adjacent to an activating group) is 1. The molecule has 1 N–H and O–H groups in total. The maximum absolute atomic E-state index is 11.3. The first-order valence-corrected chi connectivity index (χ1v) is 5.76. The molecule has 3 heteroatoms. The molecule has 0 unspecified atom stereocenters. The number of carbonyl (C=O) groups excluding carboxylic acids is 1. The lowest BCUT2D eigenvalue weighted by molar-refractivity contribution is -0.127. The lowest BCUT2D eigenvalue weighted by Gasteiger charge is -2.19. The van der Waals surface area contributed by atoms with Gasteiger partial charge in [0, 0.05) is 14.1 Å². The molecular weight excluding hydrogens is 188 g/mol. The van der Waals surface area contributed by atoms with Crippen LogP contribution in [0.2, 0.25) is 0 Å². The van der Waals surface area contributed by atoms with Gasteiger partial charge in [-0.1, -0.05) is 12.2 Å². The molecule has 84 valence electrons. The van der Waals surface area contributed by atoms with Gasteiger partial charge in [0.15, 0.2) is 0 Å². The summed E-state index contributed by atoms with van der Waals surface area (Å²) in [6.45, 7) is 1.47. The molecule has 1 saturated carbocycles. The van der Waals surface area contributed by atoms with Crippen molar-refractivity contribution in [2.45, 2.75) is 12.8 Å². The fraction of sp³-hybridized carbons (Fsp3) is 0.750. The minimum Gasteiger partial charge on any atom is -0.348 e. The standard InChI is InChI=1S/C12H20N2O/c1-14(2)12(15)8-13-7-11-6-9-3-4-10(11)5-9/h3-4,9-11,13H,5-8H2,1-2H3/t9-,10-,11-/m0/s1. The van der Waals surface area contributed by atoms with Crippen molar-refractivity contribution in [3.63, 3.8) is 0 Å². The number of hydrogen-bond acceptors (Lipinski definition) is 2. The molecule has 2 rings (SSSR count). The molecule has 2 aliphatic carbocycles. The molecule has 0 spiro atoms. The van der Waals surface area contributed by atoms with Crippen LogP contribution in [0, 0.1) is 17.8 Å². The van der Waals surface area contributed by atoms with E-state index in [0.717, 1.165) is 24.3 Å². The third-order valence-electron chi connectivity index (χ3n) is 3.60. The normalized spacial score (nSPS) is 32.3. The van der Waals surface area contributed by atoms with Crippen LogP contribution in [0.4, 0.5) is 0 Å².